The van der Waals surface area contributed by atoms with E-state index in [4.69, 9.17) is 42.4 Å². The molecule has 0 spiro atoms. The van der Waals surface area contributed by atoms with Crippen LogP contribution < -0.4 is 42.9 Å². The van der Waals surface area contributed by atoms with Crippen LogP contribution in [0.2, 0.25) is 19.1 Å². The first-order valence-electron chi connectivity index (χ1n) is 37.3. The number of hydrogen-bond donors (Lipinski definition) is 7. The summed E-state index contributed by atoms with van der Waals surface area (Å²) < 4.78 is 92.5. The molecule has 4 saturated heterocycles. The lowest BCUT2D eigenvalue weighted by molar-refractivity contribution is -0.122. The number of nitrogens with one attached hydrogen (secondary N) is 7. The summed E-state index contributed by atoms with van der Waals surface area (Å²) in [7, 11) is -10.9. The van der Waals surface area contributed by atoms with Gasteiger partial charge in [0.25, 0.3) is 0 Å². The fourth-order valence-corrected chi connectivity index (χ4v) is 19.7. The summed E-state index contributed by atoms with van der Waals surface area (Å²) in [4.78, 5) is 66.5. The third-order valence-corrected chi connectivity index (χ3v) is 26.1. The molecule has 4 aliphatic heterocycles. The molecule has 4 aliphatic rings. The number of thioether (sulfide) groups is 1. The molecule has 0 bridgehead atoms. The number of carbonyl (C=O) groups excluding carboxylic acids is 4. The molecule has 0 radical (unpaired) electrons. The van der Waals surface area contributed by atoms with Gasteiger partial charge in [-0.3, -0.25) is 46.1 Å². The van der Waals surface area contributed by atoms with Crippen molar-refractivity contribution in [2.75, 3.05) is 83.3 Å². The van der Waals surface area contributed by atoms with Gasteiger partial charge >= 0.3 is 27.4 Å². The van der Waals surface area contributed by atoms with Crippen LogP contribution in [0.15, 0.2) is 11.0 Å². The Balaban J connectivity index is 0.939. The highest BCUT2D eigenvalue weighted by Crippen LogP contribution is 2.55. The van der Waals surface area contributed by atoms with Gasteiger partial charge in [-0.2, -0.15) is 27.3 Å². The third-order valence-electron chi connectivity index (χ3n) is 19.1. The van der Waals surface area contributed by atoms with Crippen molar-refractivity contribution < 1.29 is 70.7 Å². The Bertz CT molecular complexity index is 2870. The molecule has 99 heavy (non-hydrogen) atoms. The van der Waals surface area contributed by atoms with Crippen LogP contribution in [0.25, 0.3) is 0 Å². The van der Waals surface area contributed by atoms with Crippen LogP contribution in [-0.4, -0.2) is 167 Å². The molecule has 31 heteroatoms. The molecule has 0 saturated carbocycles. The van der Waals surface area contributed by atoms with Crippen LogP contribution in [0.4, 0.5) is 10.6 Å². The number of nitrogens with zero attached hydrogens (tertiary/aromatic N) is 4. The zero-order valence-corrected chi connectivity index (χ0v) is 64.3. The summed E-state index contributed by atoms with van der Waals surface area (Å²) in [5, 5.41) is 40.6. The van der Waals surface area contributed by atoms with Crippen molar-refractivity contribution in [3.8, 4) is 12.1 Å². The normalized spacial score (nSPS) is 23.8. The van der Waals surface area contributed by atoms with E-state index >= 15 is 0 Å². The van der Waals surface area contributed by atoms with Gasteiger partial charge < -0.3 is 51.1 Å². The van der Waals surface area contributed by atoms with Crippen molar-refractivity contribution in [1.29, 1.82) is 10.5 Å². The van der Waals surface area contributed by atoms with Crippen LogP contribution >= 0.6 is 27.4 Å². The Hall–Kier alpha value is -4.03. The predicted octanol–water partition coefficient (Wildman–Crippen LogP) is 11.5. The van der Waals surface area contributed by atoms with Crippen molar-refractivity contribution in [3.63, 3.8) is 0 Å². The highest BCUT2D eigenvalue weighted by molar-refractivity contribution is 8.00. The number of amides is 5. The molecule has 5 heterocycles. The summed E-state index contributed by atoms with van der Waals surface area (Å²) in [6, 6.07) is 5.23. The molecule has 564 valence electrons. The second-order valence-electron chi connectivity index (χ2n) is 27.4. The Morgan fingerprint density at radius 3 is 1.91 bits per heavy atom. The van der Waals surface area contributed by atoms with Gasteiger partial charge in [-0.15, -0.1) is 0 Å². The molecule has 13 atom stereocenters. The summed E-state index contributed by atoms with van der Waals surface area (Å²) in [6.07, 6.45) is 13.1. The topological polar surface area (TPSA) is 352 Å². The number of hydrogen-bond acceptors (Lipinski definition) is 22. The number of urea groups is 1. The summed E-state index contributed by atoms with van der Waals surface area (Å²) in [6.45, 7) is 21.0. The number of nitriles is 2. The number of unbranched alkanes of at least 4 members (excludes halogenated alkanes) is 8. The average molecular weight is 1470 g/mol. The minimum absolute atomic E-state index is 0.00561. The number of aryl methyl sites for hydroxylation is 1. The van der Waals surface area contributed by atoms with Gasteiger partial charge in [0.15, 0.2) is 8.32 Å². The molecule has 1 aromatic heterocycles. The van der Waals surface area contributed by atoms with Crippen LogP contribution in [0, 0.1) is 41.4 Å². The standard InChI is InChI=1S/C68H121N11O16P2SSi/c1-10-52(5)68(7,53(6)11-2)95-99(8,9)46-28-37-71-36-27-44-90-96(85,88-42-25-34-69)93-56-33-45-87-58(56)49-91-97(86,89-43-26-35-70)94-57-47-63(92-55(57)12-3)79-48-51(4)65(78-67(79)84)75-41-22-14-13-21-38-72-60(80)30-17-15-23-39-73-61(81)31-18-16-24-40-74-62(82)32-20-19-29-59-64-54(50-98-59)76-66(83)77-64/h48,52-59,63-64,71H,10-33,36-47,49-50H2,1-9H3,(H,72,80)(H,73,81)(H,74,82)(H,75,78,84)(H2,76,77,83)/i45T. The molecule has 0 aromatic carbocycles. The van der Waals surface area contributed by atoms with Gasteiger partial charge in [-0.25, -0.2) is 18.7 Å². The van der Waals surface area contributed by atoms with Gasteiger partial charge in [0.1, 0.15) is 24.3 Å². The zero-order chi connectivity index (χ0) is 73.0. The molecule has 0 aliphatic carbocycles. The smallest absolute Gasteiger partial charge is 0.412 e. The minimum atomic E-state index is -4.54. The van der Waals surface area contributed by atoms with E-state index < -0.39 is 73.5 Å². The average Bonchev–Trinajstić information content (AvgIpc) is 1.65. The van der Waals surface area contributed by atoms with E-state index in [1.54, 1.807) is 6.20 Å². The number of phosphoric ester groups is 2. The van der Waals surface area contributed by atoms with Gasteiger partial charge in [0.05, 0.1) is 82.7 Å². The summed E-state index contributed by atoms with van der Waals surface area (Å²) in [5.74, 6) is 2.35. The van der Waals surface area contributed by atoms with E-state index in [0.717, 1.165) is 121 Å². The molecule has 7 N–H and O–H groups in total. The van der Waals surface area contributed by atoms with E-state index in [0.29, 0.717) is 93.3 Å². The van der Waals surface area contributed by atoms with Gasteiger partial charge in [-0.1, -0.05) is 79.6 Å². The lowest BCUT2D eigenvalue weighted by Gasteiger charge is -2.46. The number of rotatable bonds is 55. The number of carbonyl (C=O) groups is 4. The van der Waals surface area contributed by atoms with Gasteiger partial charge in [0.2, 0.25) is 17.7 Å². The Morgan fingerprint density at radius 2 is 1.31 bits per heavy atom. The molecule has 4 fully saturated rings. The lowest BCUT2D eigenvalue weighted by atomic mass is 9.78. The van der Waals surface area contributed by atoms with Gasteiger partial charge in [-0.05, 0) is 129 Å². The Kier molecular flexibility index (Phi) is 38.9. The first-order valence-corrected chi connectivity index (χ1v) is 43.8. The first-order chi connectivity index (χ1) is 47.9. The second kappa shape index (κ2) is 45.9. The van der Waals surface area contributed by atoms with Crippen LogP contribution in [-0.2, 0) is 64.6 Å². The van der Waals surface area contributed by atoms with E-state index in [-0.39, 0.29) is 86.9 Å². The fraction of sp³-hybridized carbons (Fsp3) is 0.853. The number of phosphoric acid groups is 2. The van der Waals surface area contributed by atoms with Crippen molar-refractivity contribution in [2.45, 2.75) is 282 Å². The lowest BCUT2D eigenvalue weighted by Crippen LogP contribution is -2.50. The maximum atomic E-state index is 14.5. The molecule has 13 unspecified atom stereocenters. The molecule has 5 amide bonds. The van der Waals surface area contributed by atoms with Crippen LogP contribution in [0.3, 0.4) is 0 Å². The molecule has 27 nitrogen and oxygen atoms in total. The van der Waals surface area contributed by atoms with E-state index in [9.17, 15) is 43.6 Å². The van der Waals surface area contributed by atoms with E-state index in [2.05, 4.69) is 89.9 Å². The SMILES string of the molecule is [3H]C1CC(OP(=O)(OCCC#N)OCCCNCCC[Si](C)(C)OC(C)(C(C)CC)C(C)CC)C(COP(=O)(OCCC#N)OC2CC(n3cc(C)c(NCCCCCCNC(=O)CCCCCNC(=O)CCCCCNC(=O)CCCCC4SCC5NC(=O)NC54)nc3=O)OC2CC)O1. The highest BCUT2D eigenvalue weighted by Gasteiger charge is 2.46. The molecular weight excluding hydrogens is 1350 g/mol. The fourth-order valence-electron chi connectivity index (χ4n) is 12.7. The van der Waals surface area contributed by atoms with Crippen molar-refractivity contribution in [3.05, 3.63) is 22.2 Å². The summed E-state index contributed by atoms with van der Waals surface area (Å²) >= 11 is 1.89. The second-order valence-corrected chi connectivity index (χ2v) is 36.1. The number of anilines is 1. The molecule has 1 aromatic rings. The first kappa shape index (κ1) is 83.9. The van der Waals surface area contributed by atoms with Crippen LogP contribution in [0.5, 0.6) is 0 Å². The Morgan fingerprint density at radius 1 is 0.758 bits per heavy atom. The largest absolute Gasteiger partial charge is 0.475 e. The van der Waals surface area contributed by atoms with Crippen molar-refractivity contribution >= 4 is 65.3 Å². The highest BCUT2D eigenvalue weighted by atomic mass is 32.2. The monoisotopic (exact) mass is 1470 g/mol. The van der Waals surface area contributed by atoms with E-state index in [1.165, 1.54) is 4.57 Å². The minimum Gasteiger partial charge on any atom is -0.412 e. The quantitative estimate of drug-likeness (QED) is 0.0138. The van der Waals surface area contributed by atoms with Crippen molar-refractivity contribution in [2.24, 2.45) is 11.8 Å². The number of aromatic nitrogens is 2. The predicted molar refractivity (Wildman–Crippen MR) is 385 cm³/mol. The van der Waals surface area contributed by atoms with Gasteiger partial charge in [0, 0.05) is 87.6 Å². The maximum Gasteiger partial charge on any atom is 0.475 e. The Labute approximate surface area is 596 Å². The number of ether oxygens (including phenoxy) is 2. The molecular formula is C68H121N11O16P2SSi. The maximum absolute atomic E-state index is 14.5. The third kappa shape index (κ3) is 31.1. The summed E-state index contributed by atoms with van der Waals surface area (Å²) in [5.41, 5.74) is -0.0525. The van der Waals surface area contributed by atoms with Crippen LogP contribution in [0.1, 0.15) is 215 Å². The van der Waals surface area contributed by atoms with Crippen molar-refractivity contribution in [1.82, 2.24) is 41.5 Å². The zero-order valence-electron chi connectivity index (χ0n) is 61.7. The number of fused-ring (bicyclic) bond motifs is 1. The molecule has 5 rings (SSSR count). The van der Waals surface area contributed by atoms with E-state index in [1.807, 2.05) is 37.7 Å².